The first-order valence-corrected chi connectivity index (χ1v) is 8.20. The highest BCUT2D eigenvalue weighted by Crippen LogP contribution is 2.16. The van der Waals surface area contributed by atoms with E-state index in [1.165, 1.54) is 9.13 Å². The van der Waals surface area contributed by atoms with E-state index in [2.05, 4.69) is 86.0 Å². The molecule has 2 nitrogen and oxygen atoms in total. The number of amidine groups is 1. The van der Waals surface area contributed by atoms with Crippen LogP contribution < -0.4 is 0 Å². The van der Waals surface area contributed by atoms with Crippen molar-refractivity contribution >= 4 is 50.6 Å². The molecule has 1 aliphatic rings. The predicted molar refractivity (Wildman–Crippen MR) is 95.8 cm³/mol. The second-order valence-electron chi connectivity index (χ2n) is 4.64. The summed E-state index contributed by atoms with van der Waals surface area (Å²) in [6.45, 7) is 0. The van der Waals surface area contributed by atoms with Crippen LogP contribution >= 0.6 is 38.5 Å². The van der Waals surface area contributed by atoms with E-state index in [1.54, 1.807) is 0 Å². The molecular formula is C16H12BrIN2. The van der Waals surface area contributed by atoms with Crippen molar-refractivity contribution in [2.45, 2.75) is 12.5 Å². The molecule has 0 spiro atoms. The summed E-state index contributed by atoms with van der Waals surface area (Å²) in [6, 6.07) is 16.8. The Morgan fingerprint density at radius 1 is 1.10 bits per heavy atom. The van der Waals surface area contributed by atoms with Gasteiger partial charge in [0.1, 0.15) is 0 Å². The van der Waals surface area contributed by atoms with Gasteiger partial charge in [0, 0.05) is 19.8 Å². The fraction of sp³-hybridized carbons (Fsp3) is 0.125. The topological polar surface area (TPSA) is 24.7 Å². The number of hydrogen-bond donors (Lipinski definition) is 0. The van der Waals surface area contributed by atoms with Crippen molar-refractivity contribution in [2.24, 2.45) is 9.98 Å². The van der Waals surface area contributed by atoms with E-state index in [-0.39, 0.29) is 6.04 Å². The van der Waals surface area contributed by atoms with Gasteiger partial charge in [0.2, 0.25) is 0 Å². The Hall–Kier alpha value is -1.01. The first-order chi connectivity index (χ1) is 9.70. The maximum atomic E-state index is 4.70. The molecule has 0 saturated heterocycles. The molecule has 0 N–H and O–H groups in total. The summed E-state index contributed by atoms with van der Waals surface area (Å²) in [4.78, 5) is 9.15. The zero-order valence-electron chi connectivity index (χ0n) is 10.6. The number of nitrogens with zero attached hydrogens (tertiary/aromatic N) is 2. The van der Waals surface area contributed by atoms with E-state index >= 15 is 0 Å². The molecule has 0 aromatic heterocycles. The van der Waals surface area contributed by atoms with Crippen molar-refractivity contribution in [1.29, 1.82) is 0 Å². The second-order valence-corrected chi connectivity index (χ2v) is 6.80. The third-order valence-electron chi connectivity index (χ3n) is 3.10. The van der Waals surface area contributed by atoms with E-state index in [1.807, 2.05) is 12.3 Å². The highest BCUT2D eigenvalue weighted by molar-refractivity contribution is 14.1. The third-order valence-corrected chi connectivity index (χ3v) is 4.30. The molecule has 1 aliphatic heterocycles. The minimum absolute atomic E-state index is 0.143. The van der Waals surface area contributed by atoms with Gasteiger partial charge in [-0.1, -0.05) is 40.2 Å². The molecule has 0 bridgehead atoms. The molecular weight excluding hydrogens is 427 g/mol. The van der Waals surface area contributed by atoms with E-state index in [0.717, 1.165) is 22.3 Å². The average molecular weight is 439 g/mol. The van der Waals surface area contributed by atoms with Crippen LogP contribution in [0.2, 0.25) is 0 Å². The van der Waals surface area contributed by atoms with Crippen LogP contribution in [0.25, 0.3) is 0 Å². The molecule has 0 amide bonds. The molecule has 0 radical (unpaired) electrons. The molecule has 0 saturated carbocycles. The van der Waals surface area contributed by atoms with Gasteiger partial charge in [-0.3, -0.25) is 4.99 Å². The van der Waals surface area contributed by atoms with Gasteiger partial charge in [0.15, 0.2) is 5.84 Å². The lowest BCUT2D eigenvalue weighted by Gasteiger charge is -2.04. The minimum atomic E-state index is 0.143. The number of benzene rings is 2. The average Bonchev–Trinajstić information content (AvgIpc) is 2.90. The Morgan fingerprint density at radius 2 is 1.90 bits per heavy atom. The monoisotopic (exact) mass is 438 g/mol. The van der Waals surface area contributed by atoms with Crippen LogP contribution in [0.4, 0.5) is 0 Å². The smallest absolute Gasteiger partial charge is 0.154 e. The molecule has 1 atom stereocenters. The first kappa shape index (κ1) is 13.9. The maximum Gasteiger partial charge on any atom is 0.154 e. The lowest BCUT2D eigenvalue weighted by molar-refractivity contribution is 0.879. The maximum absolute atomic E-state index is 4.70. The quantitative estimate of drug-likeness (QED) is 0.630. The van der Waals surface area contributed by atoms with Crippen LogP contribution in [0.15, 0.2) is 63.0 Å². The van der Waals surface area contributed by atoms with Gasteiger partial charge in [-0.05, 0) is 58.8 Å². The van der Waals surface area contributed by atoms with Crippen molar-refractivity contribution in [1.82, 2.24) is 0 Å². The number of hydrogen-bond acceptors (Lipinski definition) is 2. The van der Waals surface area contributed by atoms with Gasteiger partial charge < -0.3 is 0 Å². The number of rotatable bonds is 3. The van der Waals surface area contributed by atoms with Gasteiger partial charge in [0.05, 0.1) is 6.04 Å². The molecule has 3 rings (SSSR count). The highest BCUT2D eigenvalue weighted by Gasteiger charge is 2.14. The largest absolute Gasteiger partial charge is 0.257 e. The van der Waals surface area contributed by atoms with Gasteiger partial charge in [-0.25, -0.2) is 4.99 Å². The minimum Gasteiger partial charge on any atom is -0.257 e. The molecule has 100 valence electrons. The van der Waals surface area contributed by atoms with Gasteiger partial charge >= 0.3 is 0 Å². The van der Waals surface area contributed by atoms with Crippen molar-refractivity contribution in [3.8, 4) is 0 Å². The van der Waals surface area contributed by atoms with Gasteiger partial charge in [0.25, 0.3) is 0 Å². The summed E-state index contributed by atoms with van der Waals surface area (Å²) in [7, 11) is 0. The number of aliphatic imine (C=N–C) groups is 2. The van der Waals surface area contributed by atoms with Crippen LogP contribution in [0.3, 0.4) is 0 Å². The summed E-state index contributed by atoms with van der Waals surface area (Å²) in [5.74, 6) is 0.839. The van der Waals surface area contributed by atoms with Crippen LogP contribution in [0, 0.1) is 3.57 Å². The molecule has 1 heterocycles. The fourth-order valence-electron chi connectivity index (χ4n) is 2.12. The molecule has 4 heteroatoms. The lowest BCUT2D eigenvalue weighted by atomic mass is 10.1. The van der Waals surface area contributed by atoms with Gasteiger partial charge in [-0.15, -0.1) is 0 Å². The number of halogens is 2. The van der Waals surface area contributed by atoms with Crippen LogP contribution in [0.1, 0.15) is 11.1 Å². The summed E-state index contributed by atoms with van der Waals surface area (Å²) >= 11 is 5.76. The van der Waals surface area contributed by atoms with Crippen LogP contribution in [0.5, 0.6) is 0 Å². The molecule has 20 heavy (non-hydrogen) atoms. The van der Waals surface area contributed by atoms with Crippen molar-refractivity contribution in [3.05, 3.63) is 67.7 Å². The standard InChI is InChI=1S/C16H12BrIN2/c17-13-6-4-11(5-7-13)8-15-10-19-16(20-15)12-2-1-3-14(18)9-12/h1-7,9-10,15H,8H2. The lowest BCUT2D eigenvalue weighted by Crippen LogP contribution is -2.07. The van der Waals surface area contributed by atoms with Gasteiger partial charge in [-0.2, -0.15) is 0 Å². The van der Waals surface area contributed by atoms with Crippen molar-refractivity contribution in [3.63, 3.8) is 0 Å². The summed E-state index contributed by atoms with van der Waals surface area (Å²) in [6.07, 6.45) is 2.83. The molecule has 2 aromatic carbocycles. The van der Waals surface area contributed by atoms with Crippen LogP contribution in [-0.4, -0.2) is 18.1 Å². The molecule has 0 fully saturated rings. The highest BCUT2D eigenvalue weighted by atomic mass is 127. The SMILES string of the molecule is Brc1ccc(CC2C=NC(c3cccc(I)c3)=N2)cc1. The Labute approximate surface area is 140 Å². The Kier molecular flexibility index (Phi) is 4.31. The molecule has 2 aromatic rings. The van der Waals surface area contributed by atoms with E-state index < -0.39 is 0 Å². The van der Waals surface area contributed by atoms with E-state index in [4.69, 9.17) is 4.99 Å². The van der Waals surface area contributed by atoms with Crippen LogP contribution in [-0.2, 0) is 6.42 Å². The zero-order valence-corrected chi connectivity index (χ0v) is 14.4. The van der Waals surface area contributed by atoms with Crippen molar-refractivity contribution in [2.75, 3.05) is 0 Å². The second kappa shape index (κ2) is 6.18. The third kappa shape index (κ3) is 3.35. The normalized spacial score (nSPS) is 17.3. The summed E-state index contributed by atoms with van der Waals surface area (Å²) in [5, 5.41) is 0. The summed E-state index contributed by atoms with van der Waals surface area (Å²) < 4.78 is 2.30. The molecule has 0 aliphatic carbocycles. The van der Waals surface area contributed by atoms with Crippen molar-refractivity contribution < 1.29 is 0 Å². The first-order valence-electron chi connectivity index (χ1n) is 6.33. The van der Waals surface area contributed by atoms with E-state index in [0.29, 0.717) is 0 Å². The Morgan fingerprint density at radius 3 is 2.65 bits per heavy atom. The Balaban J connectivity index is 1.75. The predicted octanol–water partition coefficient (Wildman–Crippen LogP) is 4.50. The fourth-order valence-corrected chi connectivity index (χ4v) is 2.92. The van der Waals surface area contributed by atoms with E-state index in [9.17, 15) is 0 Å². The summed E-state index contributed by atoms with van der Waals surface area (Å²) in [5.41, 5.74) is 2.36. The Bertz CT molecular complexity index is 677. The zero-order chi connectivity index (χ0) is 13.9. The molecule has 1 unspecified atom stereocenters.